The van der Waals surface area contributed by atoms with Gasteiger partial charge in [-0.2, -0.15) is 0 Å². The van der Waals surface area contributed by atoms with Crippen LogP contribution in [0.2, 0.25) is 0 Å². The van der Waals surface area contributed by atoms with Crippen LogP contribution < -0.4 is 15.4 Å². The third-order valence-corrected chi connectivity index (χ3v) is 3.92. The lowest BCUT2D eigenvalue weighted by atomic mass is 10.0. The molecule has 0 aromatic heterocycles. The van der Waals surface area contributed by atoms with Crippen LogP contribution in [0.5, 0.6) is 5.75 Å². The van der Waals surface area contributed by atoms with Crippen molar-refractivity contribution in [2.75, 3.05) is 13.2 Å². The summed E-state index contributed by atoms with van der Waals surface area (Å²) in [6.45, 7) is 7.62. The molecular formula is C17H26N2O2. The van der Waals surface area contributed by atoms with Gasteiger partial charge in [0.1, 0.15) is 5.75 Å². The van der Waals surface area contributed by atoms with Crippen molar-refractivity contribution in [3.05, 3.63) is 29.3 Å². The Bertz CT molecular complexity index is 488. The topological polar surface area (TPSA) is 50.4 Å². The number of hydrogen-bond donors (Lipinski definition) is 2. The lowest BCUT2D eigenvalue weighted by Crippen LogP contribution is -2.46. The number of ether oxygens (including phenoxy) is 1. The van der Waals surface area contributed by atoms with Crippen LogP contribution in [0, 0.1) is 13.8 Å². The largest absolute Gasteiger partial charge is 0.493 e. The molecule has 0 radical (unpaired) electrons. The molecule has 0 bridgehead atoms. The number of amides is 1. The van der Waals surface area contributed by atoms with E-state index in [0.29, 0.717) is 25.1 Å². The van der Waals surface area contributed by atoms with Gasteiger partial charge in [0, 0.05) is 12.1 Å². The van der Waals surface area contributed by atoms with Gasteiger partial charge in [-0.15, -0.1) is 0 Å². The fourth-order valence-corrected chi connectivity index (χ4v) is 2.68. The van der Waals surface area contributed by atoms with E-state index < -0.39 is 0 Å². The number of nitrogens with one attached hydrogen (secondary N) is 2. The normalized spacial score (nSPS) is 21.9. The van der Waals surface area contributed by atoms with E-state index in [-0.39, 0.29) is 5.91 Å². The van der Waals surface area contributed by atoms with Gasteiger partial charge in [-0.05, 0) is 57.4 Å². The van der Waals surface area contributed by atoms with Gasteiger partial charge in [-0.3, -0.25) is 4.79 Å². The summed E-state index contributed by atoms with van der Waals surface area (Å²) in [6, 6.07) is 6.90. The Morgan fingerprint density at radius 2 is 2.24 bits per heavy atom. The molecule has 1 amide bonds. The van der Waals surface area contributed by atoms with Crippen molar-refractivity contribution in [2.45, 2.75) is 52.1 Å². The average molecular weight is 290 g/mol. The minimum Gasteiger partial charge on any atom is -0.493 e. The smallest absolute Gasteiger partial charge is 0.223 e. The van der Waals surface area contributed by atoms with Crippen molar-refractivity contribution in [1.82, 2.24) is 10.6 Å². The zero-order valence-corrected chi connectivity index (χ0v) is 13.2. The summed E-state index contributed by atoms with van der Waals surface area (Å²) >= 11 is 0. The van der Waals surface area contributed by atoms with E-state index in [1.165, 1.54) is 5.56 Å². The summed E-state index contributed by atoms with van der Waals surface area (Å²) < 4.78 is 5.73. The molecule has 116 valence electrons. The Morgan fingerprint density at radius 3 is 3.00 bits per heavy atom. The third kappa shape index (κ3) is 5.05. The predicted molar refractivity (Wildman–Crippen MR) is 84.7 cm³/mol. The quantitative estimate of drug-likeness (QED) is 0.875. The van der Waals surface area contributed by atoms with E-state index >= 15 is 0 Å². The van der Waals surface area contributed by atoms with E-state index in [2.05, 4.69) is 23.6 Å². The highest BCUT2D eigenvalue weighted by Crippen LogP contribution is 2.19. The van der Waals surface area contributed by atoms with E-state index in [0.717, 1.165) is 30.7 Å². The van der Waals surface area contributed by atoms with Crippen molar-refractivity contribution < 1.29 is 9.53 Å². The molecule has 1 fully saturated rings. The number of carbonyl (C=O) groups excluding carboxylic acids is 1. The maximum absolute atomic E-state index is 11.9. The van der Waals surface area contributed by atoms with E-state index in [1.54, 1.807) is 0 Å². The molecule has 1 saturated heterocycles. The SMILES string of the molecule is Cc1ccc(C)c(OCCC(=O)NC2CCNC(C)C2)c1. The molecule has 2 N–H and O–H groups in total. The molecule has 2 unspecified atom stereocenters. The van der Waals surface area contributed by atoms with Crippen LogP contribution in [-0.2, 0) is 4.79 Å². The molecule has 2 atom stereocenters. The highest BCUT2D eigenvalue weighted by molar-refractivity contribution is 5.76. The zero-order valence-electron chi connectivity index (χ0n) is 13.2. The molecule has 1 aliphatic rings. The molecule has 0 saturated carbocycles. The van der Waals surface area contributed by atoms with E-state index in [4.69, 9.17) is 4.74 Å². The van der Waals surface area contributed by atoms with Gasteiger partial charge < -0.3 is 15.4 Å². The Morgan fingerprint density at radius 1 is 1.43 bits per heavy atom. The first-order valence-corrected chi connectivity index (χ1v) is 7.77. The number of benzene rings is 1. The Hall–Kier alpha value is -1.55. The molecule has 1 aromatic carbocycles. The van der Waals surface area contributed by atoms with Crippen LogP contribution in [0.3, 0.4) is 0 Å². The zero-order chi connectivity index (χ0) is 15.2. The molecule has 2 rings (SSSR count). The minimum atomic E-state index is 0.0828. The molecule has 21 heavy (non-hydrogen) atoms. The van der Waals surface area contributed by atoms with Crippen LogP contribution in [0.1, 0.15) is 37.3 Å². The molecule has 4 heteroatoms. The number of piperidine rings is 1. The standard InChI is InChI=1S/C17H26N2O2/c1-12-4-5-13(2)16(10-12)21-9-7-17(20)19-15-6-8-18-14(3)11-15/h4-5,10,14-15,18H,6-9,11H2,1-3H3,(H,19,20). The lowest BCUT2D eigenvalue weighted by molar-refractivity contribution is -0.122. The van der Waals surface area contributed by atoms with Crippen molar-refractivity contribution in [3.63, 3.8) is 0 Å². The first kappa shape index (κ1) is 15.8. The Labute approximate surface area is 127 Å². The van der Waals surface area contributed by atoms with Crippen molar-refractivity contribution >= 4 is 5.91 Å². The van der Waals surface area contributed by atoms with Gasteiger partial charge >= 0.3 is 0 Å². The first-order chi connectivity index (χ1) is 10.0. The maximum atomic E-state index is 11.9. The lowest BCUT2D eigenvalue weighted by Gasteiger charge is -2.28. The summed E-state index contributed by atoms with van der Waals surface area (Å²) in [4.78, 5) is 11.9. The van der Waals surface area contributed by atoms with Gasteiger partial charge in [0.25, 0.3) is 0 Å². The van der Waals surface area contributed by atoms with Crippen molar-refractivity contribution in [2.24, 2.45) is 0 Å². The van der Waals surface area contributed by atoms with Crippen LogP contribution in [0.25, 0.3) is 0 Å². The predicted octanol–water partition coefficient (Wildman–Crippen LogP) is 2.33. The summed E-state index contributed by atoms with van der Waals surface area (Å²) in [5, 5.41) is 6.49. The second kappa shape index (κ2) is 7.46. The number of hydrogen-bond acceptors (Lipinski definition) is 3. The van der Waals surface area contributed by atoms with Crippen molar-refractivity contribution in [3.8, 4) is 5.75 Å². The second-order valence-electron chi connectivity index (χ2n) is 6.01. The van der Waals surface area contributed by atoms with Gasteiger partial charge in [-0.25, -0.2) is 0 Å². The van der Waals surface area contributed by atoms with Gasteiger partial charge in [0.05, 0.1) is 13.0 Å². The highest BCUT2D eigenvalue weighted by atomic mass is 16.5. The fourth-order valence-electron chi connectivity index (χ4n) is 2.68. The second-order valence-corrected chi connectivity index (χ2v) is 6.01. The Balaban J connectivity index is 1.72. The molecule has 1 heterocycles. The maximum Gasteiger partial charge on any atom is 0.223 e. The van der Waals surface area contributed by atoms with E-state index in [9.17, 15) is 4.79 Å². The molecule has 0 aliphatic carbocycles. The van der Waals surface area contributed by atoms with Crippen LogP contribution in [0.15, 0.2) is 18.2 Å². The van der Waals surface area contributed by atoms with Crippen LogP contribution in [0.4, 0.5) is 0 Å². The molecular weight excluding hydrogens is 264 g/mol. The number of aryl methyl sites for hydroxylation is 2. The molecule has 4 nitrogen and oxygen atoms in total. The Kier molecular flexibility index (Phi) is 5.62. The van der Waals surface area contributed by atoms with Gasteiger partial charge in [-0.1, -0.05) is 12.1 Å². The monoisotopic (exact) mass is 290 g/mol. The molecule has 1 aliphatic heterocycles. The summed E-state index contributed by atoms with van der Waals surface area (Å²) in [5.74, 6) is 0.956. The summed E-state index contributed by atoms with van der Waals surface area (Å²) in [5.41, 5.74) is 2.27. The number of rotatable bonds is 5. The summed E-state index contributed by atoms with van der Waals surface area (Å²) in [7, 11) is 0. The van der Waals surface area contributed by atoms with Gasteiger partial charge in [0.2, 0.25) is 5.91 Å². The summed E-state index contributed by atoms with van der Waals surface area (Å²) in [6.07, 6.45) is 2.42. The van der Waals surface area contributed by atoms with Crippen LogP contribution >= 0.6 is 0 Å². The third-order valence-electron chi connectivity index (χ3n) is 3.92. The van der Waals surface area contributed by atoms with Crippen molar-refractivity contribution in [1.29, 1.82) is 0 Å². The van der Waals surface area contributed by atoms with Crippen LogP contribution in [-0.4, -0.2) is 31.1 Å². The minimum absolute atomic E-state index is 0.0828. The average Bonchev–Trinajstić information content (AvgIpc) is 2.42. The first-order valence-electron chi connectivity index (χ1n) is 7.77. The number of carbonyl (C=O) groups is 1. The molecule has 1 aromatic rings. The molecule has 0 spiro atoms. The highest BCUT2D eigenvalue weighted by Gasteiger charge is 2.19. The van der Waals surface area contributed by atoms with Gasteiger partial charge in [0.15, 0.2) is 0 Å². The van der Waals surface area contributed by atoms with E-state index in [1.807, 2.05) is 26.0 Å². The fraction of sp³-hybridized carbons (Fsp3) is 0.588.